The van der Waals surface area contributed by atoms with Crippen molar-refractivity contribution >= 4 is 34.4 Å². The first-order valence-corrected chi connectivity index (χ1v) is 13.2. The van der Waals surface area contributed by atoms with Crippen LogP contribution in [0.1, 0.15) is 30.9 Å². The van der Waals surface area contributed by atoms with E-state index in [0.29, 0.717) is 41.0 Å². The highest BCUT2D eigenvalue weighted by molar-refractivity contribution is 6.22. The smallest absolute Gasteiger partial charge is 0.416 e. The van der Waals surface area contributed by atoms with Crippen molar-refractivity contribution in [3.63, 3.8) is 0 Å². The van der Waals surface area contributed by atoms with E-state index in [-0.39, 0.29) is 31.1 Å². The van der Waals surface area contributed by atoms with Crippen LogP contribution in [0.4, 0.5) is 30.2 Å². The number of alkyl halides is 3. The minimum absolute atomic E-state index is 0.0138. The van der Waals surface area contributed by atoms with E-state index in [4.69, 9.17) is 4.74 Å². The van der Waals surface area contributed by atoms with Crippen LogP contribution in [0, 0.1) is 5.92 Å². The number of aryl methyl sites for hydroxylation is 1. The van der Waals surface area contributed by atoms with Crippen LogP contribution in [0.3, 0.4) is 0 Å². The molecule has 5 rings (SSSR count). The summed E-state index contributed by atoms with van der Waals surface area (Å²) in [5, 5.41) is 13.5. The fourth-order valence-electron chi connectivity index (χ4n) is 5.30. The minimum atomic E-state index is -4.65. The molecule has 0 bridgehead atoms. The fraction of sp³-hybridized carbons (Fsp3) is 0.300. The molecule has 41 heavy (non-hydrogen) atoms. The highest BCUT2D eigenvalue weighted by Crippen LogP contribution is 2.45. The Labute approximate surface area is 234 Å². The predicted octanol–water partition coefficient (Wildman–Crippen LogP) is 5.23. The Morgan fingerprint density at radius 2 is 1.80 bits per heavy atom. The van der Waals surface area contributed by atoms with Crippen LogP contribution in [0.2, 0.25) is 0 Å². The Hall–Kier alpha value is -4.38. The van der Waals surface area contributed by atoms with Gasteiger partial charge >= 0.3 is 6.18 Å². The summed E-state index contributed by atoms with van der Waals surface area (Å²) in [5.74, 6) is -1.86. The van der Waals surface area contributed by atoms with Crippen molar-refractivity contribution in [2.45, 2.75) is 25.9 Å². The molecule has 2 amide bonds. The highest BCUT2D eigenvalue weighted by atomic mass is 19.4. The van der Waals surface area contributed by atoms with E-state index in [1.807, 2.05) is 0 Å². The van der Waals surface area contributed by atoms with Crippen LogP contribution in [-0.2, 0) is 27.5 Å². The lowest BCUT2D eigenvalue weighted by atomic mass is 9.85. The van der Waals surface area contributed by atoms with E-state index >= 15 is 0 Å². The number of aromatic nitrogens is 2. The standard InChI is InChI=1S/C30H29F3N4O4/c1-3-36-24-11-10-21(30(31,32)33)16-25(24)37(22-7-5-4-6-8-22)29(40)27(28(36)39)19-9-12-26(41-14-13-38)23(15-19)20-17-34-35(2)18-20/h4-8,10-11,15-18,27,38H,3,9,12-14H2,1-2H3. The zero-order valence-electron chi connectivity index (χ0n) is 22.6. The normalized spacial score (nSPS) is 17.9. The molecule has 1 aliphatic heterocycles. The minimum Gasteiger partial charge on any atom is -0.495 e. The summed E-state index contributed by atoms with van der Waals surface area (Å²) in [6.45, 7) is 1.75. The Bertz CT molecular complexity index is 1530. The molecule has 0 saturated carbocycles. The van der Waals surface area contributed by atoms with Gasteiger partial charge in [-0.2, -0.15) is 18.3 Å². The van der Waals surface area contributed by atoms with E-state index in [1.54, 1.807) is 67.5 Å². The van der Waals surface area contributed by atoms with Crippen molar-refractivity contribution in [1.29, 1.82) is 0 Å². The molecule has 0 fully saturated rings. The fourth-order valence-corrected chi connectivity index (χ4v) is 5.30. The molecule has 1 aliphatic carbocycles. The number of rotatable bonds is 7. The summed E-state index contributed by atoms with van der Waals surface area (Å²) in [5.41, 5.74) is 1.48. The van der Waals surface area contributed by atoms with Gasteiger partial charge in [0.1, 0.15) is 18.3 Å². The average molecular weight is 567 g/mol. The third kappa shape index (κ3) is 5.37. The lowest BCUT2D eigenvalue weighted by Crippen LogP contribution is -2.42. The first-order valence-electron chi connectivity index (χ1n) is 13.2. The number of nitrogens with zero attached hydrogens (tertiary/aromatic N) is 4. The van der Waals surface area contributed by atoms with Crippen molar-refractivity contribution in [3.05, 3.63) is 89.5 Å². The molecular formula is C30H29F3N4O4. The van der Waals surface area contributed by atoms with E-state index in [9.17, 15) is 27.9 Å². The summed E-state index contributed by atoms with van der Waals surface area (Å²) in [7, 11) is 1.76. The number of ether oxygens (including phenoxy) is 1. The van der Waals surface area contributed by atoms with E-state index < -0.39 is 29.5 Å². The molecule has 3 aromatic rings. The van der Waals surface area contributed by atoms with Crippen molar-refractivity contribution in [2.24, 2.45) is 13.0 Å². The SMILES string of the molecule is CCN1C(=O)C(C2=CC(c3cnn(C)c3)=C(OCCO)CC2)C(=O)N(c2ccccc2)c2cc(C(F)(F)F)ccc21. The summed E-state index contributed by atoms with van der Waals surface area (Å²) in [6, 6.07) is 11.5. The van der Waals surface area contributed by atoms with Crippen LogP contribution < -0.4 is 9.80 Å². The summed E-state index contributed by atoms with van der Waals surface area (Å²) in [4.78, 5) is 31.1. The Kier molecular flexibility index (Phi) is 7.72. The quantitative estimate of drug-likeness (QED) is 0.396. The number of para-hydroxylation sites is 1. The van der Waals surface area contributed by atoms with Gasteiger partial charge in [0.15, 0.2) is 0 Å². The van der Waals surface area contributed by atoms with E-state index in [2.05, 4.69) is 5.10 Å². The van der Waals surface area contributed by atoms with Crippen LogP contribution in [0.15, 0.2) is 78.3 Å². The van der Waals surface area contributed by atoms with Crippen LogP contribution >= 0.6 is 0 Å². The van der Waals surface area contributed by atoms with Gasteiger partial charge in [-0.15, -0.1) is 0 Å². The maximum Gasteiger partial charge on any atom is 0.416 e. The third-order valence-corrected chi connectivity index (χ3v) is 7.17. The maximum atomic E-state index is 14.4. The largest absolute Gasteiger partial charge is 0.495 e. The van der Waals surface area contributed by atoms with Gasteiger partial charge in [-0.3, -0.25) is 19.2 Å². The molecule has 2 aliphatic rings. The molecule has 11 heteroatoms. The molecule has 0 radical (unpaired) electrons. The summed E-state index contributed by atoms with van der Waals surface area (Å²) in [6.07, 6.45) is 1.16. The van der Waals surface area contributed by atoms with E-state index in [0.717, 1.165) is 12.1 Å². The average Bonchev–Trinajstić information content (AvgIpc) is 3.36. The molecule has 1 N–H and O–H groups in total. The van der Waals surface area contributed by atoms with Crippen LogP contribution in [0.5, 0.6) is 0 Å². The van der Waals surface area contributed by atoms with Gasteiger partial charge < -0.3 is 14.7 Å². The topological polar surface area (TPSA) is 87.9 Å². The number of allylic oxidation sites excluding steroid dienone is 3. The number of hydrogen-bond donors (Lipinski definition) is 1. The second kappa shape index (κ2) is 11.2. The van der Waals surface area contributed by atoms with Crippen molar-refractivity contribution < 1.29 is 32.6 Å². The van der Waals surface area contributed by atoms with Crippen LogP contribution in [0.25, 0.3) is 5.57 Å². The monoisotopic (exact) mass is 566 g/mol. The molecule has 2 aromatic carbocycles. The summed E-state index contributed by atoms with van der Waals surface area (Å²) >= 11 is 0. The summed E-state index contributed by atoms with van der Waals surface area (Å²) < 4.78 is 48.8. The van der Waals surface area contributed by atoms with Gasteiger partial charge in [0.25, 0.3) is 0 Å². The lowest BCUT2D eigenvalue weighted by molar-refractivity contribution is -0.137. The van der Waals surface area contributed by atoms with Crippen molar-refractivity contribution in [1.82, 2.24) is 9.78 Å². The maximum absolute atomic E-state index is 14.4. The highest BCUT2D eigenvalue weighted by Gasteiger charge is 2.44. The number of benzene rings is 2. The Balaban J connectivity index is 1.69. The molecule has 8 nitrogen and oxygen atoms in total. The Morgan fingerprint density at radius 3 is 2.44 bits per heavy atom. The zero-order chi connectivity index (χ0) is 29.3. The second-order valence-corrected chi connectivity index (χ2v) is 9.76. The number of halogens is 3. The molecule has 2 heterocycles. The first kappa shape index (κ1) is 28.2. The number of anilines is 3. The number of hydrogen-bond acceptors (Lipinski definition) is 5. The number of aliphatic hydroxyl groups is 1. The molecule has 1 atom stereocenters. The number of amides is 2. The van der Waals surface area contributed by atoms with Gasteiger partial charge in [0, 0.05) is 43.0 Å². The molecule has 0 spiro atoms. The van der Waals surface area contributed by atoms with Gasteiger partial charge in [0.2, 0.25) is 11.8 Å². The van der Waals surface area contributed by atoms with Crippen molar-refractivity contribution in [3.8, 4) is 0 Å². The number of carbonyl (C=O) groups is 2. The second-order valence-electron chi connectivity index (χ2n) is 9.76. The molecular weight excluding hydrogens is 537 g/mol. The lowest BCUT2D eigenvalue weighted by Gasteiger charge is -2.28. The number of fused-ring (bicyclic) bond motifs is 1. The van der Waals surface area contributed by atoms with Gasteiger partial charge in [-0.1, -0.05) is 24.3 Å². The molecule has 0 saturated heterocycles. The zero-order valence-corrected chi connectivity index (χ0v) is 22.6. The van der Waals surface area contributed by atoms with Crippen molar-refractivity contribution in [2.75, 3.05) is 29.6 Å². The Morgan fingerprint density at radius 1 is 1.05 bits per heavy atom. The van der Waals surface area contributed by atoms with Crippen LogP contribution in [-0.4, -0.2) is 46.5 Å². The molecule has 1 unspecified atom stereocenters. The van der Waals surface area contributed by atoms with Gasteiger partial charge in [0.05, 0.1) is 29.7 Å². The van der Waals surface area contributed by atoms with E-state index in [1.165, 1.54) is 15.9 Å². The molecule has 1 aromatic heterocycles. The predicted molar refractivity (Wildman–Crippen MR) is 147 cm³/mol. The van der Waals surface area contributed by atoms with Gasteiger partial charge in [-0.05, 0) is 49.2 Å². The third-order valence-electron chi connectivity index (χ3n) is 7.17. The number of aliphatic hydroxyl groups excluding tert-OH is 1. The first-order chi connectivity index (χ1) is 19.6. The molecule has 214 valence electrons. The number of carbonyl (C=O) groups excluding carboxylic acids is 2. The van der Waals surface area contributed by atoms with Gasteiger partial charge in [-0.25, -0.2) is 0 Å².